The van der Waals surface area contributed by atoms with Gasteiger partial charge in [-0.3, -0.25) is 4.79 Å². The van der Waals surface area contributed by atoms with Crippen LogP contribution in [0.15, 0.2) is 22.7 Å². The second-order valence-corrected chi connectivity index (χ2v) is 6.14. The van der Waals surface area contributed by atoms with Gasteiger partial charge >= 0.3 is 0 Å². The number of carbonyl (C=O) groups is 1. The molecule has 2 nitrogen and oxygen atoms in total. The van der Waals surface area contributed by atoms with Gasteiger partial charge in [0.1, 0.15) is 10.8 Å². The van der Waals surface area contributed by atoms with Crippen LogP contribution in [0.25, 0.3) is 10.6 Å². The molecule has 0 bridgehead atoms. The summed E-state index contributed by atoms with van der Waals surface area (Å²) in [5, 5.41) is 0.718. The first-order valence-corrected chi connectivity index (χ1v) is 7.24. The second-order valence-electron chi connectivity index (χ2n) is 4.23. The number of fused-ring (bicyclic) bond motifs is 1. The van der Waals surface area contributed by atoms with Crippen molar-refractivity contribution in [1.29, 1.82) is 0 Å². The zero-order chi connectivity index (χ0) is 12.7. The summed E-state index contributed by atoms with van der Waals surface area (Å²) in [7, 11) is 0. The van der Waals surface area contributed by atoms with Gasteiger partial charge in [-0.2, -0.15) is 0 Å². The summed E-state index contributed by atoms with van der Waals surface area (Å²) in [5.41, 5.74) is 1.58. The van der Waals surface area contributed by atoms with E-state index >= 15 is 0 Å². The maximum atomic E-state index is 13.4. The maximum absolute atomic E-state index is 13.4. The molecule has 0 unspecified atom stereocenters. The fraction of sp³-hybridized carbons (Fsp3) is 0.231. The lowest BCUT2D eigenvalue weighted by Crippen LogP contribution is -2.07. The highest BCUT2D eigenvalue weighted by Crippen LogP contribution is 2.33. The lowest BCUT2D eigenvalue weighted by atomic mass is 10.0. The third kappa shape index (κ3) is 2.12. The molecule has 3 rings (SSSR count). The normalized spacial score (nSPS) is 14.7. The fourth-order valence-corrected chi connectivity index (χ4v) is 3.60. The first kappa shape index (κ1) is 12.0. The van der Waals surface area contributed by atoms with Gasteiger partial charge in [-0.15, -0.1) is 11.3 Å². The summed E-state index contributed by atoms with van der Waals surface area (Å²) in [5.74, 6) is -0.144. The van der Waals surface area contributed by atoms with E-state index in [-0.39, 0.29) is 11.6 Å². The number of thiazole rings is 1. The van der Waals surface area contributed by atoms with Crippen molar-refractivity contribution < 1.29 is 9.18 Å². The molecule has 1 aromatic carbocycles. The zero-order valence-electron chi connectivity index (χ0n) is 9.37. The molecule has 0 amide bonds. The minimum atomic E-state index is -0.307. The van der Waals surface area contributed by atoms with Gasteiger partial charge in [-0.1, -0.05) is 15.9 Å². The predicted octanol–water partition coefficient (Wildman–Crippen LogP) is 4.23. The van der Waals surface area contributed by atoms with Gasteiger partial charge in [0.15, 0.2) is 5.78 Å². The number of hydrogen-bond acceptors (Lipinski definition) is 3. The average Bonchev–Trinajstić information content (AvgIpc) is 2.73. The van der Waals surface area contributed by atoms with Crippen LogP contribution in [0.2, 0.25) is 0 Å². The fourth-order valence-electron chi connectivity index (χ4n) is 2.07. The number of ketones is 1. The van der Waals surface area contributed by atoms with Gasteiger partial charge < -0.3 is 0 Å². The summed E-state index contributed by atoms with van der Waals surface area (Å²) >= 11 is 4.63. The molecule has 0 atom stereocenters. The highest BCUT2D eigenvalue weighted by molar-refractivity contribution is 9.10. The Kier molecular flexibility index (Phi) is 3.03. The molecule has 1 heterocycles. The summed E-state index contributed by atoms with van der Waals surface area (Å²) in [6.45, 7) is 0. The molecule has 0 fully saturated rings. The molecule has 0 saturated carbocycles. The Morgan fingerprint density at radius 1 is 1.28 bits per heavy atom. The van der Waals surface area contributed by atoms with Crippen LogP contribution in [-0.4, -0.2) is 10.8 Å². The molecular formula is C13H9BrFNOS. The molecule has 92 valence electrons. The van der Waals surface area contributed by atoms with Gasteiger partial charge in [-0.05, 0) is 31.0 Å². The summed E-state index contributed by atoms with van der Waals surface area (Å²) in [6.07, 6.45) is 2.30. The summed E-state index contributed by atoms with van der Waals surface area (Å²) in [6, 6.07) is 4.67. The largest absolute Gasteiger partial charge is 0.293 e. The van der Waals surface area contributed by atoms with Crippen LogP contribution in [0.1, 0.15) is 28.2 Å². The quantitative estimate of drug-likeness (QED) is 0.785. The van der Waals surface area contributed by atoms with Crippen LogP contribution >= 0.6 is 27.3 Å². The lowest BCUT2D eigenvalue weighted by molar-refractivity contribution is 0.0976. The number of carbonyl (C=O) groups excluding carboxylic acids is 1. The van der Waals surface area contributed by atoms with E-state index < -0.39 is 0 Å². The van der Waals surface area contributed by atoms with Crippen LogP contribution in [0, 0.1) is 5.82 Å². The van der Waals surface area contributed by atoms with Crippen LogP contribution in [0.5, 0.6) is 0 Å². The minimum absolute atomic E-state index is 0.162. The van der Waals surface area contributed by atoms with Crippen molar-refractivity contribution in [2.45, 2.75) is 19.3 Å². The lowest BCUT2D eigenvalue weighted by Gasteiger charge is -2.06. The average molecular weight is 326 g/mol. The van der Waals surface area contributed by atoms with E-state index in [4.69, 9.17) is 0 Å². The number of Topliss-reactive ketones (excluding diaryl/α,β-unsaturated/α-hetero) is 1. The maximum Gasteiger partial charge on any atom is 0.174 e. The molecule has 1 aromatic heterocycles. The molecule has 18 heavy (non-hydrogen) atoms. The highest BCUT2D eigenvalue weighted by atomic mass is 79.9. The van der Waals surface area contributed by atoms with E-state index in [0.717, 1.165) is 28.4 Å². The second kappa shape index (κ2) is 4.55. The Hall–Kier alpha value is -1.07. The third-order valence-corrected chi connectivity index (χ3v) is 4.52. The van der Waals surface area contributed by atoms with E-state index in [0.29, 0.717) is 16.5 Å². The molecule has 1 aliphatic carbocycles. The number of nitrogens with zero attached hydrogens (tertiary/aromatic N) is 1. The number of hydrogen-bond donors (Lipinski definition) is 0. The van der Waals surface area contributed by atoms with E-state index in [2.05, 4.69) is 20.9 Å². The molecule has 1 aliphatic rings. The van der Waals surface area contributed by atoms with E-state index in [9.17, 15) is 9.18 Å². The molecule has 0 saturated heterocycles. The number of benzene rings is 1. The van der Waals surface area contributed by atoms with Crippen molar-refractivity contribution in [1.82, 2.24) is 4.98 Å². The Balaban J connectivity index is 2.10. The monoisotopic (exact) mass is 325 g/mol. The van der Waals surface area contributed by atoms with Crippen LogP contribution < -0.4 is 0 Å². The van der Waals surface area contributed by atoms with E-state index in [1.54, 1.807) is 0 Å². The number of halogens is 2. The van der Waals surface area contributed by atoms with Gasteiger partial charge in [0.05, 0.1) is 10.6 Å². The number of aryl methyl sites for hydroxylation is 1. The van der Waals surface area contributed by atoms with Crippen molar-refractivity contribution in [3.05, 3.63) is 39.1 Å². The molecule has 0 spiro atoms. The Morgan fingerprint density at radius 2 is 2.11 bits per heavy atom. The van der Waals surface area contributed by atoms with Crippen LogP contribution in [0.4, 0.5) is 4.39 Å². The van der Waals surface area contributed by atoms with Gasteiger partial charge in [0, 0.05) is 16.5 Å². The van der Waals surface area contributed by atoms with Crippen LogP contribution in [-0.2, 0) is 6.42 Å². The standard InChI is InChI=1S/C13H9BrFNOS/c14-8-4-7(5-9(15)6-8)13-16-10-2-1-3-11(17)12(10)18-13/h4-6H,1-3H2. The van der Waals surface area contributed by atoms with Gasteiger partial charge in [-0.25, -0.2) is 9.37 Å². The zero-order valence-corrected chi connectivity index (χ0v) is 11.8. The molecule has 0 radical (unpaired) electrons. The smallest absolute Gasteiger partial charge is 0.174 e. The van der Waals surface area contributed by atoms with Crippen molar-refractivity contribution in [3.8, 4) is 10.6 Å². The van der Waals surface area contributed by atoms with Crippen molar-refractivity contribution in [2.24, 2.45) is 0 Å². The minimum Gasteiger partial charge on any atom is -0.293 e. The van der Waals surface area contributed by atoms with E-state index in [1.165, 1.54) is 23.5 Å². The van der Waals surface area contributed by atoms with Crippen molar-refractivity contribution in [2.75, 3.05) is 0 Å². The Morgan fingerprint density at radius 3 is 2.83 bits per heavy atom. The Bertz CT molecular complexity index is 618. The topological polar surface area (TPSA) is 30.0 Å². The van der Waals surface area contributed by atoms with E-state index in [1.807, 2.05) is 6.07 Å². The van der Waals surface area contributed by atoms with Gasteiger partial charge in [0.25, 0.3) is 0 Å². The Labute approximate surface area is 116 Å². The first-order chi connectivity index (χ1) is 8.63. The number of rotatable bonds is 1. The summed E-state index contributed by atoms with van der Waals surface area (Å²) < 4.78 is 14.0. The molecule has 0 N–H and O–H groups in total. The van der Waals surface area contributed by atoms with Crippen molar-refractivity contribution >= 4 is 33.0 Å². The molecule has 5 heteroatoms. The molecular weight excluding hydrogens is 317 g/mol. The van der Waals surface area contributed by atoms with Gasteiger partial charge in [0.2, 0.25) is 0 Å². The van der Waals surface area contributed by atoms with Crippen molar-refractivity contribution in [3.63, 3.8) is 0 Å². The summed E-state index contributed by atoms with van der Waals surface area (Å²) in [4.78, 5) is 17.0. The number of aromatic nitrogens is 1. The first-order valence-electron chi connectivity index (χ1n) is 5.63. The third-order valence-electron chi connectivity index (χ3n) is 2.88. The highest BCUT2D eigenvalue weighted by Gasteiger charge is 2.22. The molecule has 2 aromatic rings. The molecule has 0 aliphatic heterocycles. The van der Waals surface area contributed by atoms with Crippen LogP contribution in [0.3, 0.4) is 0 Å². The predicted molar refractivity (Wildman–Crippen MR) is 72.5 cm³/mol. The SMILES string of the molecule is O=C1CCCc2nc(-c3cc(F)cc(Br)c3)sc21.